The molecular weight excluding hydrogens is 400 g/mol. The minimum Gasteiger partial charge on any atom is -0.460 e. The molecule has 0 N–H and O–H groups in total. The first-order chi connectivity index (χ1) is 14.6. The van der Waals surface area contributed by atoms with Crippen LogP contribution in [0.5, 0.6) is 5.88 Å². The van der Waals surface area contributed by atoms with Gasteiger partial charge in [0.1, 0.15) is 5.76 Å². The molecule has 2 aromatic heterocycles. The number of hydrogen-bond acceptors (Lipinski definition) is 7. The van der Waals surface area contributed by atoms with E-state index in [1.807, 2.05) is 43.3 Å². The molecule has 1 atom stereocenters. The van der Waals surface area contributed by atoms with Crippen molar-refractivity contribution < 1.29 is 13.9 Å². The minimum atomic E-state index is -0.784. The topological polar surface area (TPSA) is 81.3 Å². The largest absolute Gasteiger partial charge is 0.460 e. The van der Waals surface area contributed by atoms with Crippen LogP contribution in [0.2, 0.25) is 0 Å². The molecule has 1 aliphatic rings. The third-order valence-electron chi connectivity index (χ3n) is 4.83. The van der Waals surface area contributed by atoms with Crippen molar-refractivity contribution in [2.45, 2.75) is 51.4 Å². The second-order valence-corrected chi connectivity index (χ2v) is 8.19. The van der Waals surface area contributed by atoms with E-state index in [2.05, 4.69) is 22.1 Å². The Kier molecular flexibility index (Phi) is 6.03. The van der Waals surface area contributed by atoms with Crippen molar-refractivity contribution in [2.75, 3.05) is 10.7 Å². The molecule has 8 heteroatoms. The summed E-state index contributed by atoms with van der Waals surface area (Å²) in [4.78, 5) is 18.9. The van der Waals surface area contributed by atoms with Crippen molar-refractivity contribution in [3.63, 3.8) is 0 Å². The van der Waals surface area contributed by atoms with Crippen molar-refractivity contribution in [1.82, 2.24) is 15.2 Å². The zero-order chi connectivity index (χ0) is 21.1. The second kappa shape index (κ2) is 8.87. The number of nitrogens with zero attached hydrogens (tertiary/aromatic N) is 4. The third kappa shape index (κ3) is 4.05. The summed E-state index contributed by atoms with van der Waals surface area (Å²) in [5.41, 5.74) is 1.94. The zero-order valence-corrected chi connectivity index (χ0v) is 18.1. The van der Waals surface area contributed by atoms with Crippen LogP contribution in [0.1, 0.15) is 50.9 Å². The molecule has 0 fully saturated rings. The number of unbranched alkanes of at least 4 members (excludes halogenated alkanes) is 2. The highest BCUT2D eigenvalue weighted by atomic mass is 32.2. The number of ether oxygens (including phenoxy) is 1. The molecule has 156 valence electrons. The van der Waals surface area contributed by atoms with E-state index in [0.29, 0.717) is 28.2 Å². The van der Waals surface area contributed by atoms with Crippen LogP contribution >= 0.6 is 11.8 Å². The molecule has 30 heavy (non-hydrogen) atoms. The number of anilines is 1. The van der Waals surface area contributed by atoms with E-state index >= 15 is 0 Å². The first-order valence-electron chi connectivity index (χ1n) is 10.1. The Bertz CT molecular complexity index is 1050. The van der Waals surface area contributed by atoms with E-state index in [4.69, 9.17) is 9.15 Å². The number of furan rings is 1. The lowest BCUT2D eigenvalue weighted by molar-refractivity contribution is -0.118. The Morgan fingerprint density at radius 3 is 2.73 bits per heavy atom. The standard InChI is InChI=1S/C22H24N4O3S/c1-4-5-8-13-30-22-23-20-19(24-25-22)16-9-6-7-10-17(16)26(15(3)27)21(29-20)18-12-11-14(2)28-18/h6-7,9-12,21H,4-5,8,13H2,1-3H3/t21-/m1/s1. The molecule has 3 aromatic rings. The van der Waals surface area contributed by atoms with Crippen molar-refractivity contribution in [3.8, 4) is 17.1 Å². The highest BCUT2D eigenvalue weighted by Crippen LogP contribution is 2.43. The molecule has 4 rings (SSSR count). The Hall–Kier alpha value is -2.87. The molecule has 7 nitrogen and oxygen atoms in total. The van der Waals surface area contributed by atoms with Crippen LogP contribution in [0.4, 0.5) is 5.69 Å². The summed E-state index contributed by atoms with van der Waals surface area (Å²) in [6.45, 7) is 5.54. The molecule has 1 amide bonds. The molecule has 1 aliphatic heterocycles. The molecule has 0 spiro atoms. The van der Waals surface area contributed by atoms with Crippen LogP contribution in [0.3, 0.4) is 0 Å². The van der Waals surface area contributed by atoms with Crippen LogP contribution in [0, 0.1) is 6.92 Å². The summed E-state index contributed by atoms with van der Waals surface area (Å²) in [6.07, 6.45) is 2.64. The quantitative estimate of drug-likeness (QED) is 0.399. The number of aromatic nitrogens is 3. The van der Waals surface area contributed by atoms with Crippen molar-refractivity contribution in [2.24, 2.45) is 0 Å². The van der Waals surface area contributed by atoms with Gasteiger partial charge in [-0.3, -0.25) is 9.69 Å². The fourth-order valence-corrected chi connectivity index (χ4v) is 4.18. The lowest BCUT2D eigenvalue weighted by Crippen LogP contribution is -2.35. The molecule has 0 saturated carbocycles. The van der Waals surface area contributed by atoms with Gasteiger partial charge in [-0.15, -0.1) is 10.2 Å². The zero-order valence-electron chi connectivity index (χ0n) is 17.3. The van der Waals surface area contributed by atoms with Crippen molar-refractivity contribution >= 4 is 23.4 Å². The van der Waals surface area contributed by atoms with Gasteiger partial charge in [0.05, 0.1) is 5.69 Å². The third-order valence-corrected chi connectivity index (χ3v) is 5.76. The maximum atomic E-state index is 12.7. The smallest absolute Gasteiger partial charge is 0.247 e. The molecule has 1 aromatic carbocycles. The van der Waals surface area contributed by atoms with Crippen molar-refractivity contribution in [1.29, 1.82) is 0 Å². The predicted octanol–water partition coefficient (Wildman–Crippen LogP) is 5.17. The van der Waals surface area contributed by atoms with Gasteiger partial charge in [-0.05, 0) is 31.5 Å². The van der Waals surface area contributed by atoms with Crippen LogP contribution < -0.4 is 9.64 Å². The Morgan fingerprint density at radius 1 is 1.17 bits per heavy atom. The average Bonchev–Trinajstić information content (AvgIpc) is 3.11. The first kappa shape index (κ1) is 20.4. The van der Waals surface area contributed by atoms with Gasteiger partial charge in [0.2, 0.25) is 23.2 Å². The number of rotatable bonds is 6. The number of carbonyl (C=O) groups excluding carboxylic acids is 1. The lowest BCUT2D eigenvalue weighted by atomic mass is 10.1. The van der Waals surface area contributed by atoms with Crippen molar-refractivity contribution in [3.05, 3.63) is 47.9 Å². The normalized spacial score (nSPS) is 15.2. The van der Waals surface area contributed by atoms with E-state index in [1.165, 1.54) is 13.3 Å². The number of amides is 1. The number of hydrogen-bond donors (Lipinski definition) is 0. The van der Waals surface area contributed by atoms with Gasteiger partial charge in [-0.1, -0.05) is 49.7 Å². The van der Waals surface area contributed by atoms with E-state index in [0.717, 1.165) is 29.9 Å². The number of benzene rings is 1. The summed E-state index contributed by atoms with van der Waals surface area (Å²) in [6, 6.07) is 11.2. The molecule has 0 radical (unpaired) electrons. The maximum absolute atomic E-state index is 12.7. The average molecular weight is 425 g/mol. The van der Waals surface area contributed by atoms with Gasteiger partial charge in [0, 0.05) is 18.2 Å². The van der Waals surface area contributed by atoms with Crippen LogP contribution in [0.25, 0.3) is 11.3 Å². The first-order valence-corrected chi connectivity index (χ1v) is 11.1. The molecule has 3 heterocycles. The number of aryl methyl sites for hydroxylation is 1. The predicted molar refractivity (Wildman–Crippen MR) is 115 cm³/mol. The number of carbonyl (C=O) groups is 1. The highest BCUT2D eigenvalue weighted by molar-refractivity contribution is 7.99. The van der Waals surface area contributed by atoms with Gasteiger partial charge in [-0.25, -0.2) is 0 Å². The molecular formula is C22H24N4O3S. The summed E-state index contributed by atoms with van der Waals surface area (Å²) >= 11 is 1.56. The van der Waals surface area contributed by atoms with Crippen LogP contribution in [-0.4, -0.2) is 26.8 Å². The van der Waals surface area contributed by atoms with Gasteiger partial charge < -0.3 is 9.15 Å². The van der Waals surface area contributed by atoms with Crippen LogP contribution in [-0.2, 0) is 4.79 Å². The summed E-state index contributed by atoms with van der Waals surface area (Å²) in [5.74, 6) is 2.37. The van der Waals surface area contributed by atoms with Gasteiger partial charge >= 0.3 is 0 Å². The van der Waals surface area contributed by atoms with E-state index < -0.39 is 6.23 Å². The highest BCUT2D eigenvalue weighted by Gasteiger charge is 2.36. The summed E-state index contributed by atoms with van der Waals surface area (Å²) in [7, 11) is 0. The molecule has 0 saturated heterocycles. The number of thioether (sulfide) groups is 1. The minimum absolute atomic E-state index is 0.170. The summed E-state index contributed by atoms with van der Waals surface area (Å²) < 4.78 is 12.1. The Morgan fingerprint density at radius 2 is 2.00 bits per heavy atom. The monoisotopic (exact) mass is 424 g/mol. The molecule has 0 bridgehead atoms. The van der Waals surface area contributed by atoms with E-state index in [-0.39, 0.29) is 5.91 Å². The second-order valence-electron chi connectivity index (χ2n) is 7.13. The fraction of sp³-hybridized carbons (Fsp3) is 0.364. The number of fused-ring (bicyclic) bond motifs is 3. The van der Waals surface area contributed by atoms with Gasteiger partial charge in [-0.2, -0.15) is 4.98 Å². The van der Waals surface area contributed by atoms with Gasteiger partial charge in [0.15, 0.2) is 11.5 Å². The maximum Gasteiger partial charge on any atom is 0.247 e. The lowest BCUT2D eigenvalue weighted by Gasteiger charge is -2.28. The molecule has 0 aliphatic carbocycles. The number of para-hydroxylation sites is 1. The fourth-order valence-electron chi connectivity index (χ4n) is 3.40. The van der Waals surface area contributed by atoms with Crippen LogP contribution in [0.15, 0.2) is 46.0 Å². The SMILES string of the molecule is CCCCCSc1nnc2c(n1)O[C@H](c1ccc(C)o1)N(C(C)=O)c1ccccc1-2. The summed E-state index contributed by atoms with van der Waals surface area (Å²) in [5, 5.41) is 9.28. The van der Waals surface area contributed by atoms with Gasteiger partial charge in [0.25, 0.3) is 0 Å². The Balaban J connectivity index is 1.78. The van der Waals surface area contributed by atoms with E-state index in [9.17, 15) is 4.79 Å². The molecule has 0 unspecified atom stereocenters. The van der Waals surface area contributed by atoms with E-state index in [1.54, 1.807) is 16.7 Å². The Labute approximate surface area is 179 Å².